The van der Waals surface area contributed by atoms with Crippen LogP contribution in [-0.4, -0.2) is 15.2 Å². The summed E-state index contributed by atoms with van der Waals surface area (Å²) in [7, 11) is 0. The molecule has 4 aliphatic carbocycles. The number of hydrogen-bond donors (Lipinski definition) is 0. The van der Waals surface area contributed by atoms with E-state index in [1.165, 1.54) is 84.4 Å². The molecule has 0 radical (unpaired) electrons. The third-order valence-electron chi connectivity index (χ3n) is 12.1. The predicted molar refractivity (Wildman–Crippen MR) is 210 cm³/mol. The molecule has 0 N–H and O–H groups in total. The number of allylic oxidation sites excluding steroid dienone is 7. The lowest BCUT2D eigenvalue weighted by Crippen LogP contribution is -2.16. The van der Waals surface area contributed by atoms with Crippen molar-refractivity contribution in [3.05, 3.63) is 173 Å². The van der Waals surface area contributed by atoms with E-state index in [1.54, 1.807) is 0 Å². The van der Waals surface area contributed by atoms with Gasteiger partial charge < -0.3 is 13.9 Å². The topological polar surface area (TPSA) is 19.1 Å². The van der Waals surface area contributed by atoms with Gasteiger partial charge in [-0.1, -0.05) is 78.9 Å². The molecule has 0 saturated heterocycles. The summed E-state index contributed by atoms with van der Waals surface area (Å²) in [5.41, 5.74) is 16.3. The molecule has 1 aliphatic heterocycles. The van der Waals surface area contributed by atoms with Crippen molar-refractivity contribution in [2.45, 2.75) is 62.9 Å². The van der Waals surface area contributed by atoms with Crippen LogP contribution in [0, 0.1) is 0 Å². The van der Waals surface area contributed by atoms with E-state index in [0.717, 1.165) is 44.3 Å². The Hall–Kier alpha value is -5.54. The van der Waals surface area contributed by atoms with Crippen molar-refractivity contribution < 1.29 is 4.74 Å². The second kappa shape index (κ2) is 11.5. The van der Waals surface area contributed by atoms with Crippen molar-refractivity contribution in [3.63, 3.8) is 0 Å². The van der Waals surface area contributed by atoms with Gasteiger partial charge in [0.2, 0.25) is 0 Å². The maximum atomic E-state index is 6.34. The molecule has 0 fully saturated rings. The van der Waals surface area contributed by atoms with E-state index in [1.807, 2.05) is 0 Å². The Bertz CT molecular complexity index is 2560. The SMILES string of the molecule is C1=CC2Oc3ccc(-n4c5c(c6ccccc64)CCC(c4ccc6c(c4)c4c(n6-c6cccc(C7=CCCC=C7)c6)C=CCC4)C5)cc3C2C=C1. The summed E-state index contributed by atoms with van der Waals surface area (Å²) in [5.74, 6) is 1.75. The predicted octanol–water partition coefficient (Wildman–Crippen LogP) is 11.5. The van der Waals surface area contributed by atoms with E-state index < -0.39 is 0 Å². The van der Waals surface area contributed by atoms with Crippen LogP contribution in [0.4, 0.5) is 0 Å². The molecule has 2 aromatic heterocycles. The summed E-state index contributed by atoms with van der Waals surface area (Å²) in [5, 5.41) is 2.82. The monoisotopic (exact) mass is 660 g/mol. The molecule has 0 saturated carbocycles. The van der Waals surface area contributed by atoms with Crippen LogP contribution in [0.25, 0.3) is 44.8 Å². The number of nitrogens with zero attached hydrogens (tertiary/aromatic N) is 2. The molecule has 248 valence electrons. The van der Waals surface area contributed by atoms with Crippen molar-refractivity contribution in [3.8, 4) is 17.1 Å². The zero-order chi connectivity index (χ0) is 33.5. The highest BCUT2D eigenvalue weighted by atomic mass is 16.5. The Morgan fingerprint density at radius 3 is 2.53 bits per heavy atom. The lowest BCUT2D eigenvalue weighted by molar-refractivity contribution is 0.269. The van der Waals surface area contributed by atoms with Gasteiger partial charge in [0.1, 0.15) is 11.9 Å². The Kier molecular flexibility index (Phi) is 6.59. The van der Waals surface area contributed by atoms with Gasteiger partial charge in [-0.25, -0.2) is 0 Å². The molecular weight excluding hydrogens is 621 g/mol. The van der Waals surface area contributed by atoms with E-state index in [2.05, 4.69) is 149 Å². The number of aromatic nitrogens is 2. The van der Waals surface area contributed by atoms with Crippen LogP contribution in [0.3, 0.4) is 0 Å². The first kappa shape index (κ1) is 29.2. The van der Waals surface area contributed by atoms with Crippen molar-refractivity contribution in [1.29, 1.82) is 0 Å². The highest BCUT2D eigenvalue weighted by molar-refractivity contribution is 5.92. The number of fused-ring (bicyclic) bond motifs is 9. The molecule has 0 amide bonds. The molecule has 11 rings (SSSR count). The maximum Gasteiger partial charge on any atom is 0.128 e. The van der Waals surface area contributed by atoms with E-state index in [9.17, 15) is 0 Å². The Labute approximate surface area is 299 Å². The molecule has 0 spiro atoms. The number of aryl methyl sites for hydroxylation is 2. The van der Waals surface area contributed by atoms with Gasteiger partial charge in [-0.2, -0.15) is 0 Å². The van der Waals surface area contributed by atoms with Crippen molar-refractivity contribution >= 4 is 33.5 Å². The fourth-order valence-electron chi connectivity index (χ4n) is 9.69. The second-order valence-electron chi connectivity index (χ2n) is 14.9. The van der Waals surface area contributed by atoms with E-state index in [-0.39, 0.29) is 12.0 Å². The zero-order valence-electron chi connectivity index (χ0n) is 28.8. The number of benzene rings is 4. The summed E-state index contributed by atoms with van der Waals surface area (Å²) >= 11 is 0. The smallest absolute Gasteiger partial charge is 0.128 e. The molecule has 3 heteroatoms. The van der Waals surface area contributed by atoms with Crippen LogP contribution in [-0.2, 0) is 19.3 Å². The minimum absolute atomic E-state index is 0.0985. The number of hydrogen-bond acceptors (Lipinski definition) is 1. The zero-order valence-corrected chi connectivity index (χ0v) is 28.8. The molecule has 6 aromatic rings. The van der Waals surface area contributed by atoms with Gasteiger partial charge in [0.05, 0.1) is 11.0 Å². The Morgan fingerprint density at radius 2 is 1.57 bits per heavy atom. The lowest BCUT2D eigenvalue weighted by atomic mass is 9.82. The molecule has 3 unspecified atom stereocenters. The molecule has 3 nitrogen and oxygen atoms in total. The highest BCUT2D eigenvalue weighted by Crippen LogP contribution is 2.45. The maximum absolute atomic E-state index is 6.34. The van der Waals surface area contributed by atoms with Crippen LogP contribution < -0.4 is 4.74 Å². The summed E-state index contributed by atoms with van der Waals surface area (Å²) in [6, 6.07) is 32.4. The standard InChI is InChI=1S/C48H40N2O/c1-2-11-31(12-3-1)32-13-10-14-35(27-32)49-44-19-8-5-16-38(44)41-28-33(22-25-45(41)49)34-21-24-39-37-15-4-7-18-43(37)50(46(39)29-34)36-23-26-48-42(30-36)40-17-6-9-20-47(40)51-48/h2,4,6-15,17-20,22-23,25-28,30,34,40,47H,1,3,5,16,21,24,29H2. The van der Waals surface area contributed by atoms with E-state index >= 15 is 0 Å². The highest BCUT2D eigenvalue weighted by Gasteiger charge is 2.33. The molecule has 3 atom stereocenters. The van der Waals surface area contributed by atoms with Gasteiger partial charge in [-0.15, -0.1) is 0 Å². The van der Waals surface area contributed by atoms with Crippen LogP contribution >= 0.6 is 0 Å². The first-order valence-corrected chi connectivity index (χ1v) is 18.9. The normalized spacial score (nSPS) is 21.3. The fourth-order valence-corrected chi connectivity index (χ4v) is 9.69. The van der Waals surface area contributed by atoms with Crippen LogP contribution in [0.5, 0.6) is 5.75 Å². The van der Waals surface area contributed by atoms with Gasteiger partial charge in [0, 0.05) is 45.0 Å². The first-order valence-electron chi connectivity index (χ1n) is 18.9. The average Bonchev–Trinajstić information content (AvgIpc) is 3.85. The van der Waals surface area contributed by atoms with Gasteiger partial charge >= 0.3 is 0 Å². The summed E-state index contributed by atoms with van der Waals surface area (Å²) in [6.45, 7) is 0. The summed E-state index contributed by atoms with van der Waals surface area (Å²) in [6.07, 6.45) is 28.2. The van der Waals surface area contributed by atoms with Crippen molar-refractivity contribution in [2.75, 3.05) is 0 Å². The van der Waals surface area contributed by atoms with Gasteiger partial charge in [-0.3, -0.25) is 0 Å². The van der Waals surface area contributed by atoms with Crippen molar-refractivity contribution in [2.24, 2.45) is 0 Å². The minimum atomic E-state index is 0.0985. The third-order valence-corrected chi connectivity index (χ3v) is 12.1. The van der Waals surface area contributed by atoms with Gasteiger partial charge in [-0.05, 0) is 139 Å². The number of ether oxygens (including phenoxy) is 1. The molecule has 51 heavy (non-hydrogen) atoms. The molecule has 0 bridgehead atoms. The summed E-state index contributed by atoms with van der Waals surface area (Å²) < 4.78 is 11.4. The fraction of sp³-hybridized carbons (Fsp3) is 0.208. The van der Waals surface area contributed by atoms with Crippen LogP contribution in [0.15, 0.2) is 134 Å². The third kappa shape index (κ3) is 4.57. The number of rotatable bonds is 4. The lowest BCUT2D eigenvalue weighted by Gasteiger charge is -2.25. The van der Waals surface area contributed by atoms with Gasteiger partial charge in [0.15, 0.2) is 0 Å². The molecule has 3 heterocycles. The minimum Gasteiger partial charge on any atom is -0.485 e. The summed E-state index contributed by atoms with van der Waals surface area (Å²) in [4.78, 5) is 0. The first-order chi connectivity index (χ1) is 25.3. The average molecular weight is 661 g/mol. The molecule has 5 aliphatic rings. The molecular formula is C48H40N2O. The van der Waals surface area contributed by atoms with E-state index in [4.69, 9.17) is 4.74 Å². The Balaban J connectivity index is 0.999. The quantitative estimate of drug-likeness (QED) is 0.184. The molecule has 4 aromatic carbocycles. The van der Waals surface area contributed by atoms with Crippen LogP contribution in [0.2, 0.25) is 0 Å². The van der Waals surface area contributed by atoms with E-state index in [0.29, 0.717) is 5.92 Å². The van der Waals surface area contributed by atoms with Crippen molar-refractivity contribution in [1.82, 2.24) is 9.13 Å². The Morgan fingerprint density at radius 1 is 0.667 bits per heavy atom. The van der Waals surface area contributed by atoms with Crippen LogP contribution in [0.1, 0.15) is 76.7 Å². The second-order valence-corrected chi connectivity index (χ2v) is 14.9. The van der Waals surface area contributed by atoms with Gasteiger partial charge in [0.25, 0.3) is 0 Å². The number of para-hydroxylation sites is 1. The largest absolute Gasteiger partial charge is 0.485 e.